The lowest BCUT2D eigenvalue weighted by molar-refractivity contribution is 0.472. The van der Waals surface area contributed by atoms with Crippen LogP contribution in [0.3, 0.4) is 0 Å². The van der Waals surface area contributed by atoms with Crippen molar-refractivity contribution in [3.05, 3.63) is 33.8 Å². The highest BCUT2D eigenvalue weighted by Gasteiger charge is 2.24. The topological polar surface area (TPSA) is 38.0 Å². The zero-order valence-corrected chi connectivity index (χ0v) is 12.5. The Bertz CT molecular complexity index is 395. The van der Waals surface area contributed by atoms with Crippen LogP contribution >= 0.6 is 35.0 Å². The number of nitrogens with one attached hydrogen (secondary N) is 1. The molecule has 0 saturated carbocycles. The minimum absolute atomic E-state index is 0.256. The summed E-state index contributed by atoms with van der Waals surface area (Å²) in [6.45, 7) is 0. The summed E-state index contributed by atoms with van der Waals surface area (Å²) in [7, 11) is 0. The van der Waals surface area contributed by atoms with Crippen LogP contribution in [-0.4, -0.2) is 17.0 Å². The first kappa shape index (κ1) is 14.5. The second-order valence-corrected chi connectivity index (χ2v) is 6.81. The van der Waals surface area contributed by atoms with Gasteiger partial charge in [0.15, 0.2) is 0 Å². The number of rotatable bonds is 4. The number of halogens is 2. The Morgan fingerprint density at radius 1 is 1.39 bits per heavy atom. The minimum atomic E-state index is 0.256. The van der Waals surface area contributed by atoms with Crippen molar-refractivity contribution in [3.8, 4) is 0 Å². The van der Waals surface area contributed by atoms with Gasteiger partial charge in [-0.05, 0) is 48.8 Å². The van der Waals surface area contributed by atoms with E-state index in [0.29, 0.717) is 5.25 Å². The molecule has 1 aromatic rings. The molecule has 0 spiro atoms. The van der Waals surface area contributed by atoms with E-state index >= 15 is 0 Å². The van der Waals surface area contributed by atoms with Gasteiger partial charge >= 0.3 is 0 Å². The zero-order chi connectivity index (χ0) is 13.0. The van der Waals surface area contributed by atoms with E-state index < -0.39 is 0 Å². The molecule has 18 heavy (non-hydrogen) atoms. The van der Waals surface area contributed by atoms with Gasteiger partial charge in [0.2, 0.25) is 0 Å². The molecule has 1 fully saturated rings. The minimum Gasteiger partial charge on any atom is -0.271 e. The molecule has 2 atom stereocenters. The normalized spacial score (nSPS) is 21.8. The maximum absolute atomic E-state index is 6.20. The maximum atomic E-state index is 6.20. The van der Waals surface area contributed by atoms with E-state index in [4.69, 9.17) is 29.0 Å². The quantitative estimate of drug-likeness (QED) is 0.658. The standard InChI is InChI=1S/C13H18Cl2N2S/c14-10-4-5-11(15)9(7-10)8-12(17-16)13-3-1-2-6-18-13/h4-5,7,12-13,17H,1-3,6,8,16H2. The van der Waals surface area contributed by atoms with Gasteiger partial charge in [0, 0.05) is 21.3 Å². The number of thioether (sulfide) groups is 1. The van der Waals surface area contributed by atoms with E-state index in [2.05, 4.69) is 5.43 Å². The average molecular weight is 305 g/mol. The summed E-state index contributed by atoms with van der Waals surface area (Å²) in [5.41, 5.74) is 4.01. The van der Waals surface area contributed by atoms with Gasteiger partial charge in [0.25, 0.3) is 0 Å². The summed E-state index contributed by atoms with van der Waals surface area (Å²) in [5, 5.41) is 2.06. The van der Waals surface area contributed by atoms with Crippen molar-refractivity contribution in [3.63, 3.8) is 0 Å². The van der Waals surface area contributed by atoms with Crippen LogP contribution in [0.15, 0.2) is 18.2 Å². The molecule has 1 aliphatic rings. The summed E-state index contributed by atoms with van der Waals surface area (Å²) in [5.74, 6) is 6.93. The molecule has 100 valence electrons. The summed E-state index contributed by atoms with van der Waals surface area (Å²) < 4.78 is 0. The molecule has 1 aromatic carbocycles. The molecular weight excluding hydrogens is 287 g/mol. The summed E-state index contributed by atoms with van der Waals surface area (Å²) >= 11 is 14.2. The first-order chi connectivity index (χ1) is 8.70. The fourth-order valence-corrected chi connectivity index (χ4v) is 4.12. The highest BCUT2D eigenvalue weighted by atomic mass is 35.5. The van der Waals surface area contributed by atoms with Crippen LogP contribution in [0.1, 0.15) is 24.8 Å². The third-order valence-corrected chi connectivity index (χ3v) is 5.45. The molecule has 0 bridgehead atoms. The van der Waals surface area contributed by atoms with E-state index in [1.54, 1.807) is 0 Å². The van der Waals surface area contributed by atoms with E-state index in [-0.39, 0.29) is 6.04 Å². The fraction of sp³-hybridized carbons (Fsp3) is 0.538. The van der Waals surface area contributed by atoms with Crippen molar-refractivity contribution < 1.29 is 0 Å². The molecular formula is C13H18Cl2N2S. The lowest BCUT2D eigenvalue weighted by atomic mass is 10.00. The molecule has 0 amide bonds. The lowest BCUT2D eigenvalue weighted by Crippen LogP contribution is -2.45. The van der Waals surface area contributed by atoms with Gasteiger partial charge in [-0.3, -0.25) is 11.3 Å². The van der Waals surface area contributed by atoms with Gasteiger partial charge in [-0.1, -0.05) is 29.6 Å². The molecule has 2 unspecified atom stereocenters. The van der Waals surface area contributed by atoms with Crippen molar-refractivity contribution in [2.75, 3.05) is 5.75 Å². The summed E-state index contributed by atoms with van der Waals surface area (Å²) in [6.07, 6.45) is 4.65. The van der Waals surface area contributed by atoms with E-state index in [9.17, 15) is 0 Å². The van der Waals surface area contributed by atoms with Gasteiger partial charge < -0.3 is 0 Å². The predicted octanol–water partition coefficient (Wildman–Crippen LogP) is 3.65. The van der Waals surface area contributed by atoms with Crippen molar-refractivity contribution in [1.29, 1.82) is 0 Å². The van der Waals surface area contributed by atoms with E-state index in [1.165, 1.54) is 25.0 Å². The van der Waals surface area contributed by atoms with Crippen LogP contribution in [0.2, 0.25) is 10.0 Å². The number of hydrogen-bond donors (Lipinski definition) is 2. The summed E-state index contributed by atoms with van der Waals surface area (Å²) in [6, 6.07) is 5.85. The van der Waals surface area contributed by atoms with Gasteiger partial charge in [0.05, 0.1) is 0 Å². The molecule has 1 heterocycles. The first-order valence-electron chi connectivity index (χ1n) is 6.22. The second-order valence-electron chi connectivity index (χ2n) is 4.62. The molecule has 0 radical (unpaired) electrons. The zero-order valence-electron chi connectivity index (χ0n) is 10.2. The van der Waals surface area contributed by atoms with Crippen LogP contribution in [-0.2, 0) is 6.42 Å². The van der Waals surface area contributed by atoms with Gasteiger partial charge in [-0.25, -0.2) is 0 Å². The molecule has 1 aliphatic heterocycles. The molecule has 1 saturated heterocycles. The molecule has 3 N–H and O–H groups in total. The Hall–Kier alpha value is 0.0700. The Morgan fingerprint density at radius 2 is 2.22 bits per heavy atom. The van der Waals surface area contributed by atoms with Crippen molar-refractivity contribution >= 4 is 35.0 Å². The largest absolute Gasteiger partial charge is 0.271 e. The predicted molar refractivity (Wildman–Crippen MR) is 81.4 cm³/mol. The highest BCUT2D eigenvalue weighted by molar-refractivity contribution is 8.00. The summed E-state index contributed by atoms with van der Waals surface area (Å²) in [4.78, 5) is 0. The number of hydrazine groups is 1. The smallest absolute Gasteiger partial charge is 0.0439 e. The molecule has 2 rings (SSSR count). The van der Waals surface area contributed by atoms with Gasteiger partial charge in [-0.15, -0.1) is 0 Å². The Kier molecular flexibility index (Phi) is 5.64. The average Bonchev–Trinajstić information content (AvgIpc) is 2.41. The molecule has 0 aliphatic carbocycles. The number of hydrogen-bond acceptors (Lipinski definition) is 3. The van der Waals surface area contributed by atoms with Crippen LogP contribution in [0.25, 0.3) is 0 Å². The fourth-order valence-electron chi connectivity index (χ4n) is 2.32. The maximum Gasteiger partial charge on any atom is 0.0439 e. The Balaban J connectivity index is 2.06. The third-order valence-electron chi connectivity index (χ3n) is 3.33. The van der Waals surface area contributed by atoms with E-state index in [1.807, 2.05) is 30.0 Å². The highest BCUT2D eigenvalue weighted by Crippen LogP contribution is 2.30. The Labute approximate surface area is 123 Å². The van der Waals surface area contributed by atoms with Crippen LogP contribution in [0.5, 0.6) is 0 Å². The van der Waals surface area contributed by atoms with Crippen LogP contribution in [0, 0.1) is 0 Å². The SMILES string of the molecule is NNC(Cc1cc(Cl)ccc1Cl)C1CCCCS1. The number of benzene rings is 1. The third kappa shape index (κ3) is 3.78. The monoisotopic (exact) mass is 304 g/mol. The molecule has 0 aromatic heterocycles. The van der Waals surface area contributed by atoms with E-state index in [0.717, 1.165) is 22.0 Å². The van der Waals surface area contributed by atoms with Crippen LogP contribution in [0.4, 0.5) is 0 Å². The number of nitrogens with two attached hydrogens (primary N) is 1. The van der Waals surface area contributed by atoms with Crippen molar-refractivity contribution in [2.24, 2.45) is 5.84 Å². The van der Waals surface area contributed by atoms with Crippen LogP contribution < -0.4 is 11.3 Å². The Morgan fingerprint density at radius 3 is 2.89 bits per heavy atom. The first-order valence-corrected chi connectivity index (χ1v) is 8.03. The lowest BCUT2D eigenvalue weighted by Gasteiger charge is -2.29. The molecule has 5 heteroatoms. The van der Waals surface area contributed by atoms with Gasteiger partial charge in [0.1, 0.15) is 0 Å². The molecule has 2 nitrogen and oxygen atoms in total. The van der Waals surface area contributed by atoms with Crippen molar-refractivity contribution in [1.82, 2.24) is 5.43 Å². The second kappa shape index (κ2) is 7.01. The van der Waals surface area contributed by atoms with Crippen molar-refractivity contribution in [2.45, 2.75) is 37.0 Å². The van der Waals surface area contributed by atoms with Gasteiger partial charge in [-0.2, -0.15) is 11.8 Å².